The highest BCUT2D eigenvalue weighted by Crippen LogP contribution is 2.31. The van der Waals surface area contributed by atoms with Gasteiger partial charge >= 0.3 is 6.61 Å². The Balaban J connectivity index is 1.89. The molecule has 1 aromatic rings. The van der Waals surface area contributed by atoms with Gasteiger partial charge in [-0.05, 0) is 30.9 Å². The van der Waals surface area contributed by atoms with Gasteiger partial charge in [0.05, 0.1) is 13.7 Å². The molecule has 1 aromatic carbocycles. The number of halogens is 2. The normalized spacial score (nSPS) is 20.5. The number of carbonyl (C=O) groups is 1. The fraction of sp³-hybridized carbons (Fsp3) is 0.588. The summed E-state index contributed by atoms with van der Waals surface area (Å²) >= 11 is 0. The first-order valence-corrected chi connectivity index (χ1v) is 8.15. The minimum Gasteiger partial charge on any atom is -0.493 e. The number of anilines is 1. The molecule has 5 nitrogen and oxygen atoms in total. The van der Waals surface area contributed by atoms with E-state index in [9.17, 15) is 13.6 Å². The van der Waals surface area contributed by atoms with Crippen molar-refractivity contribution < 1.29 is 23.0 Å². The minimum absolute atomic E-state index is 0.0705. The van der Waals surface area contributed by atoms with Crippen LogP contribution in [0.2, 0.25) is 0 Å². The molecule has 1 saturated carbocycles. The van der Waals surface area contributed by atoms with Crippen molar-refractivity contribution in [1.29, 1.82) is 0 Å². The van der Waals surface area contributed by atoms with Gasteiger partial charge in [0.25, 0.3) is 0 Å². The van der Waals surface area contributed by atoms with E-state index in [0.29, 0.717) is 11.6 Å². The number of hydrogen-bond donors (Lipinski definition) is 2. The molecule has 0 bridgehead atoms. The lowest BCUT2D eigenvalue weighted by Gasteiger charge is -2.29. The number of hydrogen-bond acceptors (Lipinski definition) is 4. The van der Waals surface area contributed by atoms with E-state index in [1.165, 1.54) is 25.7 Å². The van der Waals surface area contributed by atoms with E-state index in [-0.39, 0.29) is 30.0 Å². The van der Waals surface area contributed by atoms with Crippen LogP contribution in [-0.4, -0.2) is 32.2 Å². The summed E-state index contributed by atoms with van der Waals surface area (Å²) in [6.07, 6.45) is 4.48. The van der Waals surface area contributed by atoms with Crippen LogP contribution in [0.25, 0.3) is 0 Å². The van der Waals surface area contributed by atoms with Gasteiger partial charge in [-0.25, -0.2) is 0 Å². The zero-order valence-corrected chi connectivity index (χ0v) is 14.0. The second kappa shape index (κ2) is 8.70. The third kappa shape index (κ3) is 5.25. The van der Waals surface area contributed by atoms with Crippen LogP contribution < -0.4 is 20.1 Å². The number of nitrogens with one attached hydrogen (secondary N) is 2. The molecule has 1 aliphatic rings. The average molecular weight is 342 g/mol. The lowest BCUT2D eigenvalue weighted by molar-refractivity contribution is -0.120. The van der Waals surface area contributed by atoms with Crippen molar-refractivity contribution in [3.8, 4) is 11.5 Å². The summed E-state index contributed by atoms with van der Waals surface area (Å²) in [4.78, 5) is 12.1. The van der Waals surface area contributed by atoms with Gasteiger partial charge in [0.15, 0.2) is 11.5 Å². The van der Waals surface area contributed by atoms with E-state index >= 15 is 0 Å². The Kier molecular flexibility index (Phi) is 6.63. The van der Waals surface area contributed by atoms with Crippen molar-refractivity contribution in [3.63, 3.8) is 0 Å². The lowest BCUT2D eigenvalue weighted by Crippen LogP contribution is -2.43. The fourth-order valence-electron chi connectivity index (χ4n) is 2.95. The Morgan fingerprint density at radius 1 is 1.29 bits per heavy atom. The highest BCUT2D eigenvalue weighted by Gasteiger charge is 2.22. The van der Waals surface area contributed by atoms with Crippen molar-refractivity contribution in [2.75, 3.05) is 19.0 Å². The Morgan fingerprint density at radius 2 is 2.04 bits per heavy atom. The molecular formula is C17H24F2N2O3. The van der Waals surface area contributed by atoms with Gasteiger partial charge in [-0.1, -0.05) is 19.8 Å². The Morgan fingerprint density at radius 3 is 2.71 bits per heavy atom. The van der Waals surface area contributed by atoms with E-state index in [1.54, 1.807) is 6.07 Å². The summed E-state index contributed by atoms with van der Waals surface area (Å²) in [5.41, 5.74) is 0.512. The van der Waals surface area contributed by atoms with Gasteiger partial charge in [0, 0.05) is 17.8 Å². The molecule has 134 valence electrons. The van der Waals surface area contributed by atoms with Gasteiger partial charge in [-0.3, -0.25) is 4.79 Å². The number of alkyl halides is 2. The zero-order valence-electron chi connectivity index (χ0n) is 14.0. The topological polar surface area (TPSA) is 59.6 Å². The van der Waals surface area contributed by atoms with Crippen molar-refractivity contribution in [1.82, 2.24) is 5.32 Å². The van der Waals surface area contributed by atoms with Crippen LogP contribution in [0.5, 0.6) is 11.5 Å². The molecule has 0 aromatic heterocycles. The van der Waals surface area contributed by atoms with Crippen LogP contribution in [0, 0.1) is 5.92 Å². The minimum atomic E-state index is -2.94. The molecule has 0 radical (unpaired) electrons. The van der Waals surface area contributed by atoms with Gasteiger partial charge in [-0.2, -0.15) is 8.78 Å². The van der Waals surface area contributed by atoms with Crippen LogP contribution in [0.15, 0.2) is 18.2 Å². The van der Waals surface area contributed by atoms with E-state index in [4.69, 9.17) is 4.74 Å². The monoisotopic (exact) mass is 342 g/mol. The van der Waals surface area contributed by atoms with E-state index in [0.717, 1.165) is 19.3 Å². The summed E-state index contributed by atoms with van der Waals surface area (Å²) < 4.78 is 34.2. The van der Waals surface area contributed by atoms with Crippen molar-refractivity contribution in [2.24, 2.45) is 5.92 Å². The van der Waals surface area contributed by atoms with Crippen LogP contribution in [0.4, 0.5) is 14.5 Å². The highest BCUT2D eigenvalue weighted by molar-refractivity contribution is 5.81. The molecular weight excluding hydrogens is 318 g/mol. The van der Waals surface area contributed by atoms with Crippen LogP contribution in [-0.2, 0) is 4.79 Å². The Hall–Kier alpha value is -2.05. The van der Waals surface area contributed by atoms with E-state index < -0.39 is 6.61 Å². The molecule has 0 aliphatic heterocycles. The molecule has 2 atom stereocenters. The number of rotatable bonds is 7. The van der Waals surface area contributed by atoms with Gasteiger partial charge in [0.1, 0.15) is 0 Å². The first-order valence-electron chi connectivity index (χ1n) is 8.15. The Labute approximate surface area is 140 Å². The quantitative estimate of drug-likeness (QED) is 0.797. The summed E-state index contributed by atoms with van der Waals surface area (Å²) in [7, 11) is 1.37. The number of benzene rings is 1. The first-order chi connectivity index (χ1) is 11.5. The maximum Gasteiger partial charge on any atom is 0.387 e. The predicted octanol–water partition coefficient (Wildman–Crippen LogP) is 3.40. The van der Waals surface area contributed by atoms with Gasteiger partial charge in [-0.15, -0.1) is 0 Å². The summed E-state index contributed by atoms with van der Waals surface area (Å²) in [6.45, 7) is -0.719. The second-order valence-corrected chi connectivity index (χ2v) is 6.03. The van der Waals surface area contributed by atoms with Crippen molar-refractivity contribution in [2.45, 2.75) is 45.3 Å². The molecule has 2 N–H and O–H groups in total. The van der Waals surface area contributed by atoms with Crippen LogP contribution in [0.1, 0.15) is 32.6 Å². The smallest absolute Gasteiger partial charge is 0.387 e. The third-order valence-corrected chi connectivity index (χ3v) is 4.29. The highest BCUT2D eigenvalue weighted by atomic mass is 19.3. The molecule has 0 unspecified atom stereocenters. The number of ether oxygens (including phenoxy) is 2. The molecule has 0 saturated heterocycles. The largest absolute Gasteiger partial charge is 0.493 e. The molecule has 2 rings (SSSR count). The predicted molar refractivity (Wildman–Crippen MR) is 87.7 cm³/mol. The first kappa shape index (κ1) is 18.3. The van der Waals surface area contributed by atoms with Crippen LogP contribution >= 0.6 is 0 Å². The molecule has 1 amide bonds. The fourth-order valence-corrected chi connectivity index (χ4v) is 2.95. The maximum atomic E-state index is 12.4. The number of carbonyl (C=O) groups excluding carboxylic acids is 1. The van der Waals surface area contributed by atoms with Crippen molar-refractivity contribution in [3.05, 3.63) is 18.2 Å². The van der Waals surface area contributed by atoms with Crippen molar-refractivity contribution >= 4 is 11.6 Å². The van der Waals surface area contributed by atoms with Gasteiger partial charge < -0.3 is 20.1 Å². The van der Waals surface area contributed by atoms with E-state index in [2.05, 4.69) is 22.3 Å². The SMILES string of the molecule is COc1ccc(NCC(=O)N[C@@H]2CCCC[C@H]2C)cc1OC(F)F. The summed E-state index contributed by atoms with van der Waals surface area (Å²) in [5.74, 6) is 0.510. The van der Waals surface area contributed by atoms with Crippen LogP contribution in [0.3, 0.4) is 0 Å². The molecule has 7 heteroatoms. The zero-order chi connectivity index (χ0) is 17.5. The third-order valence-electron chi connectivity index (χ3n) is 4.29. The standard InChI is InChI=1S/C17H24F2N2O3/c1-11-5-3-4-6-13(11)21-16(22)10-20-12-7-8-14(23-2)15(9-12)24-17(18)19/h7-9,11,13,17,20H,3-6,10H2,1-2H3,(H,21,22)/t11-,13-/m1/s1. The van der Waals surface area contributed by atoms with Gasteiger partial charge in [0.2, 0.25) is 5.91 Å². The molecule has 24 heavy (non-hydrogen) atoms. The summed E-state index contributed by atoms with van der Waals surface area (Å²) in [6, 6.07) is 4.76. The maximum absolute atomic E-state index is 12.4. The summed E-state index contributed by atoms with van der Waals surface area (Å²) in [5, 5.41) is 5.95. The Bertz CT molecular complexity index is 555. The molecule has 0 spiro atoms. The second-order valence-electron chi connectivity index (χ2n) is 6.03. The number of amides is 1. The lowest BCUT2D eigenvalue weighted by atomic mass is 9.86. The number of methoxy groups -OCH3 is 1. The van der Waals surface area contributed by atoms with E-state index in [1.807, 2.05) is 0 Å². The molecule has 1 fully saturated rings. The molecule has 1 aliphatic carbocycles. The average Bonchev–Trinajstić information content (AvgIpc) is 2.55. The molecule has 0 heterocycles.